The van der Waals surface area contributed by atoms with E-state index < -0.39 is 0 Å². The molecule has 0 radical (unpaired) electrons. The van der Waals surface area contributed by atoms with Crippen molar-refractivity contribution in [3.05, 3.63) is 66.2 Å². The van der Waals surface area contributed by atoms with Gasteiger partial charge in [0.05, 0.1) is 11.2 Å². The summed E-state index contributed by atoms with van der Waals surface area (Å²) in [6, 6.07) is 21.2. The topological polar surface area (TPSA) is 12.9 Å². The molecule has 19 heavy (non-hydrogen) atoms. The molecule has 0 amide bonds. The number of hydrogen-bond donors (Lipinski definition) is 0. The molecule has 0 saturated heterocycles. The van der Waals surface area contributed by atoms with Gasteiger partial charge in [-0.2, -0.15) is 0 Å². The monoisotopic (exact) mass is 245 g/mol. The molecule has 92 valence electrons. The van der Waals surface area contributed by atoms with Crippen LogP contribution in [0.1, 0.15) is 24.3 Å². The number of rotatable bonds is 2. The fraction of sp³-hybridized carbons (Fsp3) is 0.167. The minimum atomic E-state index is 0.746. The lowest BCUT2D eigenvalue weighted by Gasteiger charge is -2.09. The summed E-state index contributed by atoms with van der Waals surface area (Å²) in [4.78, 5) is 4.82. The maximum Gasteiger partial charge on any atom is 0.0712 e. The predicted molar refractivity (Wildman–Crippen MR) is 79.2 cm³/mol. The number of hydrogen-bond acceptors (Lipinski definition) is 1. The lowest BCUT2D eigenvalue weighted by Crippen LogP contribution is -1.91. The zero-order valence-electron chi connectivity index (χ0n) is 10.7. The van der Waals surface area contributed by atoms with Gasteiger partial charge in [0, 0.05) is 10.9 Å². The van der Waals surface area contributed by atoms with Crippen molar-refractivity contribution in [1.29, 1.82) is 0 Å². The van der Waals surface area contributed by atoms with Crippen LogP contribution in [0.2, 0.25) is 0 Å². The second-order valence-corrected chi connectivity index (χ2v) is 5.25. The zero-order chi connectivity index (χ0) is 12.7. The Morgan fingerprint density at radius 1 is 0.842 bits per heavy atom. The van der Waals surface area contributed by atoms with Crippen molar-refractivity contribution in [3.8, 4) is 11.3 Å². The van der Waals surface area contributed by atoms with Crippen molar-refractivity contribution >= 4 is 10.9 Å². The van der Waals surface area contributed by atoms with Gasteiger partial charge >= 0.3 is 0 Å². The van der Waals surface area contributed by atoms with Crippen LogP contribution < -0.4 is 0 Å². The van der Waals surface area contributed by atoms with Gasteiger partial charge in [-0.3, -0.25) is 0 Å². The fourth-order valence-electron chi connectivity index (χ4n) is 2.69. The SMILES string of the molecule is c1ccc(-c2cc(C3CC3)c3ccccc3n2)cc1. The zero-order valence-corrected chi connectivity index (χ0v) is 10.7. The van der Waals surface area contributed by atoms with E-state index in [4.69, 9.17) is 4.98 Å². The highest BCUT2D eigenvalue weighted by molar-refractivity contribution is 5.86. The van der Waals surface area contributed by atoms with Gasteiger partial charge in [-0.15, -0.1) is 0 Å². The van der Waals surface area contributed by atoms with E-state index in [0.717, 1.165) is 17.1 Å². The highest BCUT2D eigenvalue weighted by Crippen LogP contribution is 2.43. The molecule has 0 N–H and O–H groups in total. The van der Waals surface area contributed by atoms with Crippen molar-refractivity contribution in [2.75, 3.05) is 0 Å². The van der Waals surface area contributed by atoms with Crippen LogP contribution in [0.15, 0.2) is 60.7 Å². The molecule has 3 aromatic rings. The minimum Gasteiger partial charge on any atom is -0.248 e. The summed E-state index contributed by atoms with van der Waals surface area (Å²) < 4.78 is 0. The van der Waals surface area contributed by atoms with Gasteiger partial charge in [-0.05, 0) is 36.5 Å². The number of aromatic nitrogens is 1. The first-order chi connectivity index (χ1) is 9.42. The number of nitrogens with zero attached hydrogens (tertiary/aromatic N) is 1. The van der Waals surface area contributed by atoms with Crippen molar-refractivity contribution in [2.45, 2.75) is 18.8 Å². The number of pyridine rings is 1. The number of benzene rings is 2. The standard InChI is InChI=1S/C18H15N/c1-2-6-14(7-3-1)18-12-16(13-10-11-13)15-8-4-5-9-17(15)19-18/h1-9,12-13H,10-11H2. The average molecular weight is 245 g/mol. The summed E-state index contributed by atoms with van der Waals surface area (Å²) in [7, 11) is 0. The molecule has 1 saturated carbocycles. The third-order valence-corrected chi connectivity index (χ3v) is 3.83. The van der Waals surface area contributed by atoms with E-state index in [1.807, 2.05) is 6.07 Å². The van der Waals surface area contributed by atoms with Crippen LogP contribution in [0, 0.1) is 0 Å². The molecule has 1 aliphatic carbocycles. The molecular weight excluding hydrogens is 230 g/mol. The molecule has 1 heterocycles. The van der Waals surface area contributed by atoms with E-state index >= 15 is 0 Å². The van der Waals surface area contributed by atoms with Crippen molar-refractivity contribution in [2.24, 2.45) is 0 Å². The first kappa shape index (κ1) is 10.7. The number of para-hydroxylation sites is 1. The molecule has 0 unspecified atom stereocenters. The molecule has 0 spiro atoms. The van der Waals surface area contributed by atoms with E-state index in [0.29, 0.717) is 0 Å². The van der Waals surface area contributed by atoms with Crippen LogP contribution in [-0.2, 0) is 0 Å². The largest absolute Gasteiger partial charge is 0.248 e. The van der Waals surface area contributed by atoms with E-state index in [1.54, 1.807) is 0 Å². The van der Waals surface area contributed by atoms with E-state index in [9.17, 15) is 0 Å². The molecule has 0 aliphatic heterocycles. The Hall–Kier alpha value is -2.15. The van der Waals surface area contributed by atoms with Crippen LogP contribution in [0.3, 0.4) is 0 Å². The Morgan fingerprint density at radius 3 is 2.37 bits per heavy atom. The minimum absolute atomic E-state index is 0.746. The van der Waals surface area contributed by atoms with Gasteiger partial charge in [0.1, 0.15) is 0 Å². The first-order valence-electron chi connectivity index (χ1n) is 6.87. The van der Waals surface area contributed by atoms with Crippen LogP contribution in [0.25, 0.3) is 22.2 Å². The molecule has 1 heteroatoms. The maximum atomic E-state index is 4.82. The molecule has 2 aromatic carbocycles. The summed E-state index contributed by atoms with van der Waals surface area (Å²) in [6.07, 6.45) is 2.64. The summed E-state index contributed by atoms with van der Waals surface area (Å²) >= 11 is 0. The Morgan fingerprint density at radius 2 is 1.58 bits per heavy atom. The molecular formula is C18H15N. The smallest absolute Gasteiger partial charge is 0.0712 e. The van der Waals surface area contributed by atoms with Gasteiger partial charge in [-0.25, -0.2) is 4.98 Å². The molecule has 1 nitrogen and oxygen atoms in total. The summed E-state index contributed by atoms with van der Waals surface area (Å²) in [6.45, 7) is 0. The Labute approximate surface area is 112 Å². The van der Waals surface area contributed by atoms with Crippen LogP contribution in [0.5, 0.6) is 0 Å². The Kier molecular flexibility index (Phi) is 2.37. The van der Waals surface area contributed by atoms with Crippen molar-refractivity contribution in [3.63, 3.8) is 0 Å². The summed E-state index contributed by atoms with van der Waals surface area (Å²) in [5.41, 5.74) is 4.89. The molecule has 1 fully saturated rings. The predicted octanol–water partition coefficient (Wildman–Crippen LogP) is 4.78. The van der Waals surface area contributed by atoms with Gasteiger partial charge in [0.15, 0.2) is 0 Å². The normalized spacial score (nSPS) is 14.7. The van der Waals surface area contributed by atoms with E-state index in [-0.39, 0.29) is 0 Å². The quantitative estimate of drug-likeness (QED) is 0.633. The first-order valence-corrected chi connectivity index (χ1v) is 6.87. The fourth-order valence-corrected chi connectivity index (χ4v) is 2.69. The summed E-state index contributed by atoms with van der Waals surface area (Å²) in [5.74, 6) is 0.746. The lowest BCUT2D eigenvalue weighted by atomic mass is 10.0. The van der Waals surface area contributed by atoms with Crippen LogP contribution in [-0.4, -0.2) is 4.98 Å². The summed E-state index contributed by atoms with van der Waals surface area (Å²) in [5, 5.41) is 1.32. The van der Waals surface area contributed by atoms with Crippen LogP contribution in [0.4, 0.5) is 0 Å². The van der Waals surface area contributed by atoms with Crippen molar-refractivity contribution in [1.82, 2.24) is 4.98 Å². The second-order valence-electron chi connectivity index (χ2n) is 5.25. The van der Waals surface area contributed by atoms with E-state index in [1.165, 1.54) is 29.4 Å². The molecule has 1 aliphatic rings. The molecule has 4 rings (SSSR count). The second kappa shape index (κ2) is 4.20. The van der Waals surface area contributed by atoms with Gasteiger partial charge in [0.2, 0.25) is 0 Å². The number of fused-ring (bicyclic) bond motifs is 1. The lowest BCUT2D eigenvalue weighted by molar-refractivity contribution is 1.14. The maximum absolute atomic E-state index is 4.82. The molecule has 0 bridgehead atoms. The van der Waals surface area contributed by atoms with Crippen molar-refractivity contribution < 1.29 is 0 Å². The Balaban J connectivity index is 1.98. The average Bonchev–Trinajstić information content (AvgIpc) is 3.32. The van der Waals surface area contributed by atoms with E-state index in [2.05, 4.69) is 54.6 Å². The highest BCUT2D eigenvalue weighted by Gasteiger charge is 2.26. The van der Waals surface area contributed by atoms with Gasteiger partial charge in [-0.1, -0.05) is 48.5 Å². The molecule has 1 aromatic heterocycles. The third kappa shape index (κ3) is 1.91. The van der Waals surface area contributed by atoms with Crippen LogP contribution >= 0.6 is 0 Å². The molecule has 0 atom stereocenters. The van der Waals surface area contributed by atoms with Gasteiger partial charge < -0.3 is 0 Å². The van der Waals surface area contributed by atoms with Gasteiger partial charge in [0.25, 0.3) is 0 Å². The Bertz CT molecular complexity index is 727. The third-order valence-electron chi connectivity index (χ3n) is 3.83. The highest BCUT2D eigenvalue weighted by atomic mass is 14.7.